The van der Waals surface area contributed by atoms with Gasteiger partial charge in [-0.15, -0.1) is 0 Å². The van der Waals surface area contributed by atoms with Crippen molar-refractivity contribution in [1.82, 2.24) is 16.0 Å². The van der Waals surface area contributed by atoms with Gasteiger partial charge in [0.05, 0.1) is 0 Å². The lowest BCUT2D eigenvalue weighted by Crippen LogP contribution is -2.31. The summed E-state index contributed by atoms with van der Waals surface area (Å²) in [4.78, 5) is 40.2. The van der Waals surface area contributed by atoms with E-state index in [4.69, 9.17) is 17.2 Å². The number of nitrogens with two attached hydrogens (primary N) is 3. The van der Waals surface area contributed by atoms with E-state index in [0.29, 0.717) is 36.3 Å². The molecule has 3 aliphatic rings. The van der Waals surface area contributed by atoms with Gasteiger partial charge in [-0.05, 0) is 128 Å². The topological polar surface area (TPSA) is 165 Å². The van der Waals surface area contributed by atoms with Crippen molar-refractivity contribution in [2.45, 2.75) is 108 Å². The summed E-state index contributed by atoms with van der Waals surface area (Å²) in [5.41, 5.74) is 25.4. The van der Waals surface area contributed by atoms with Crippen LogP contribution in [0.1, 0.15) is 173 Å². The third kappa shape index (κ3) is 10.6. The zero-order valence-corrected chi connectivity index (χ0v) is 31.7. The molecule has 53 heavy (non-hydrogen) atoms. The van der Waals surface area contributed by atoms with Crippen molar-refractivity contribution in [1.29, 1.82) is 0 Å². The number of nitrogens with one attached hydrogen (secondary N) is 3. The number of unbranched alkanes of at least 4 members (excludes halogenated alkanes) is 12. The van der Waals surface area contributed by atoms with Crippen LogP contribution in [0, 0.1) is 0 Å². The van der Waals surface area contributed by atoms with E-state index in [-0.39, 0.29) is 29.6 Å². The number of carbonyl (C=O) groups excluding carboxylic acids is 3. The highest BCUT2D eigenvalue weighted by Gasteiger charge is 2.42. The van der Waals surface area contributed by atoms with Gasteiger partial charge in [0.2, 0.25) is 0 Å². The molecule has 3 amide bonds. The minimum atomic E-state index is -0.208. The minimum absolute atomic E-state index is 0.0538. The third-order valence-electron chi connectivity index (χ3n) is 10.9. The number of hydrogen-bond donors (Lipinski definition) is 6. The Balaban J connectivity index is 1.35. The molecule has 0 saturated heterocycles. The van der Waals surface area contributed by atoms with Crippen LogP contribution in [-0.4, -0.2) is 57.0 Å². The first-order valence-electron chi connectivity index (χ1n) is 20.3. The molecule has 0 saturated carbocycles. The molecule has 286 valence electrons. The maximum atomic E-state index is 13.4. The molecule has 9 heteroatoms. The lowest BCUT2D eigenvalue weighted by molar-refractivity contribution is 0.0944. The fourth-order valence-corrected chi connectivity index (χ4v) is 8.00. The van der Waals surface area contributed by atoms with Crippen LogP contribution in [0.3, 0.4) is 0 Å². The third-order valence-corrected chi connectivity index (χ3v) is 10.9. The molecule has 0 unspecified atom stereocenters. The fraction of sp³-hybridized carbons (Fsp3) is 0.523. The summed E-state index contributed by atoms with van der Waals surface area (Å²) in [6.45, 7) is 4.07. The maximum Gasteiger partial charge on any atom is 0.251 e. The molecule has 0 spiro atoms. The molecule has 0 aliphatic heterocycles. The molecule has 2 bridgehead atoms. The second-order valence-electron chi connectivity index (χ2n) is 14.8. The predicted octanol–water partition coefficient (Wildman–Crippen LogP) is 6.59. The van der Waals surface area contributed by atoms with Crippen molar-refractivity contribution in [2.75, 3.05) is 39.3 Å². The molecule has 0 atom stereocenters. The summed E-state index contributed by atoms with van der Waals surface area (Å²) in [6, 6.07) is 18.2. The predicted molar refractivity (Wildman–Crippen MR) is 215 cm³/mol. The molecule has 0 heterocycles. The average Bonchev–Trinajstić information content (AvgIpc) is 3.18. The molecule has 0 aromatic heterocycles. The number of rotatable bonds is 24. The Hall–Kier alpha value is -4.05. The van der Waals surface area contributed by atoms with Crippen LogP contribution in [0.5, 0.6) is 0 Å². The number of hydrogen-bond acceptors (Lipinski definition) is 6. The van der Waals surface area contributed by atoms with Gasteiger partial charge in [-0.25, -0.2) is 0 Å². The lowest BCUT2D eigenvalue weighted by Gasteiger charge is -2.42. The summed E-state index contributed by atoms with van der Waals surface area (Å²) >= 11 is 0. The van der Waals surface area contributed by atoms with E-state index >= 15 is 0 Å². The first kappa shape index (κ1) is 40.1. The highest BCUT2D eigenvalue weighted by Crippen LogP contribution is 2.56. The highest BCUT2D eigenvalue weighted by molar-refractivity contribution is 5.97. The first-order chi connectivity index (χ1) is 26.0. The second-order valence-corrected chi connectivity index (χ2v) is 14.8. The van der Waals surface area contributed by atoms with Crippen molar-refractivity contribution >= 4 is 17.7 Å². The van der Waals surface area contributed by atoms with Crippen molar-refractivity contribution < 1.29 is 14.4 Å². The molecule has 6 rings (SSSR count). The SMILES string of the molecule is NCCCCCCCNC(=O)c1ccc2c(c1)C1c3cc(C(=O)NCCCCCCCN)ccc3C2c2ccc(C(=O)NCCCCCCCN)cc21. The smallest absolute Gasteiger partial charge is 0.251 e. The van der Waals surface area contributed by atoms with E-state index in [1.807, 2.05) is 36.4 Å². The van der Waals surface area contributed by atoms with E-state index in [9.17, 15) is 14.4 Å². The van der Waals surface area contributed by atoms with E-state index in [1.54, 1.807) is 0 Å². The monoisotopic (exact) mass is 722 g/mol. The largest absolute Gasteiger partial charge is 0.352 e. The van der Waals surface area contributed by atoms with Crippen molar-refractivity contribution in [2.24, 2.45) is 17.2 Å². The van der Waals surface area contributed by atoms with Crippen LogP contribution in [0.4, 0.5) is 0 Å². The highest BCUT2D eigenvalue weighted by atomic mass is 16.2. The van der Waals surface area contributed by atoms with Gasteiger partial charge >= 0.3 is 0 Å². The van der Waals surface area contributed by atoms with Crippen LogP contribution in [0.15, 0.2) is 54.6 Å². The van der Waals surface area contributed by atoms with Crippen LogP contribution in [0.25, 0.3) is 0 Å². The standard InChI is InChI=1S/C44H62N6O3/c45-22-10-4-1-7-13-25-48-42(51)31-16-19-34-37(28-31)41-38-29-32(43(52)49-26-14-8-2-5-11-23-46)17-20-35(38)40(34)36-21-18-33(30-39(36)41)44(53)50-27-15-9-3-6-12-24-47/h16-21,28-30,40-41H,1-15,22-27,45-47H2,(H,48,51)(H,49,52)(H,50,53). The zero-order chi connectivity index (χ0) is 37.4. The number of amides is 3. The van der Waals surface area contributed by atoms with Crippen molar-refractivity contribution in [3.05, 3.63) is 105 Å². The fourth-order valence-electron chi connectivity index (χ4n) is 8.00. The normalized spacial score (nSPS) is 15.0. The molecule has 9 nitrogen and oxygen atoms in total. The Morgan fingerprint density at radius 1 is 0.377 bits per heavy atom. The maximum absolute atomic E-state index is 13.4. The van der Waals surface area contributed by atoms with E-state index in [1.165, 1.54) is 16.7 Å². The Bertz CT molecular complexity index is 1480. The van der Waals surface area contributed by atoms with Crippen LogP contribution in [-0.2, 0) is 0 Å². The summed E-state index contributed by atoms with van der Waals surface area (Å²) < 4.78 is 0. The lowest BCUT2D eigenvalue weighted by atomic mass is 9.60. The van der Waals surface area contributed by atoms with Crippen molar-refractivity contribution in [3.8, 4) is 0 Å². The van der Waals surface area contributed by atoms with Crippen LogP contribution < -0.4 is 33.2 Å². The van der Waals surface area contributed by atoms with E-state index in [2.05, 4.69) is 34.1 Å². The second kappa shape index (κ2) is 21.0. The average molecular weight is 723 g/mol. The summed E-state index contributed by atoms with van der Waals surface area (Å²) in [5, 5.41) is 9.37. The van der Waals surface area contributed by atoms with Crippen LogP contribution in [0.2, 0.25) is 0 Å². The van der Waals surface area contributed by atoms with Gasteiger partial charge in [0.25, 0.3) is 17.7 Å². The summed E-state index contributed by atoms with van der Waals surface area (Å²) in [6.07, 6.45) is 15.9. The van der Waals surface area contributed by atoms with Gasteiger partial charge in [0.1, 0.15) is 0 Å². The van der Waals surface area contributed by atoms with E-state index < -0.39 is 0 Å². The summed E-state index contributed by atoms with van der Waals surface area (Å²) in [7, 11) is 0. The number of carbonyl (C=O) groups is 3. The Labute approximate surface area is 316 Å². The Morgan fingerprint density at radius 3 is 0.943 bits per heavy atom. The van der Waals surface area contributed by atoms with E-state index in [0.717, 1.165) is 133 Å². The van der Waals surface area contributed by atoms with Gasteiger partial charge in [-0.2, -0.15) is 0 Å². The molecular weight excluding hydrogens is 661 g/mol. The molecule has 3 aromatic carbocycles. The molecule has 3 aliphatic carbocycles. The van der Waals surface area contributed by atoms with Gasteiger partial charge in [-0.1, -0.05) is 76.0 Å². The van der Waals surface area contributed by atoms with Gasteiger partial charge in [-0.3, -0.25) is 14.4 Å². The molecule has 0 fully saturated rings. The van der Waals surface area contributed by atoms with Gasteiger partial charge in [0.15, 0.2) is 0 Å². The number of benzene rings is 3. The Kier molecular flexibility index (Phi) is 15.9. The zero-order valence-electron chi connectivity index (χ0n) is 31.7. The first-order valence-corrected chi connectivity index (χ1v) is 20.3. The van der Waals surface area contributed by atoms with Gasteiger partial charge < -0.3 is 33.2 Å². The molecule has 0 radical (unpaired) electrons. The molecular formula is C44H62N6O3. The van der Waals surface area contributed by atoms with Crippen LogP contribution >= 0.6 is 0 Å². The molecule has 3 aromatic rings. The Morgan fingerprint density at radius 2 is 0.642 bits per heavy atom. The quantitative estimate of drug-likeness (QED) is 0.0394. The van der Waals surface area contributed by atoms with Crippen molar-refractivity contribution in [3.63, 3.8) is 0 Å². The summed E-state index contributed by atoms with van der Waals surface area (Å²) in [5.74, 6) is -0.500. The minimum Gasteiger partial charge on any atom is -0.352 e. The molecule has 9 N–H and O–H groups in total. The van der Waals surface area contributed by atoms with Gasteiger partial charge in [0, 0.05) is 48.2 Å².